The third-order valence-corrected chi connectivity index (χ3v) is 6.06. The monoisotopic (exact) mass is 448 g/mol. The molecule has 1 aliphatic rings. The number of esters is 1. The Morgan fingerprint density at radius 1 is 1.25 bits per heavy atom. The highest BCUT2D eigenvalue weighted by Gasteiger charge is 2.33. The smallest absolute Gasteiger partial charge is 0.417 e. The Morgan fingerprint density at radius 3 is 2.64 bits per heavy atom. The van der Waals surface area contributed by atoms with E-state index in [9.17, 15) is 18.0 Å². The number of carbonyl (C=O) groups excluding carboxylic acids is 1. The van der Waals surface area contributed by atoms with Gasteiger partial charge in [-0.15, -0.1) is 11.3 Å². The first-order valence-electron chi connectivity index (χ1n) is 8.38. The maximum atomic E-state index is 13.0. The van der Waals surface area contributed by atoms with Crippen molar-refractivity contribution in [2.45, 2.75) is 31.9 Å². The van der Waals surface area contributed by atoms with E-state index in [1.807, 2.05) is 0 Å². The van der Waals surface area contributed by atoms with Crippen LogP contribution >= 0.6 is 35.2 Å². The van der Waals surface area contributed by atoms with Crippen molar-refractivity contribution in [3.05, 3.63) is 44.8 Å². The predicted octanol–water partition coefficient (Wildman–Crippen LogP) is 5.89. The summed E-state index contributed by atoms with van der Waals surface area (Å²) < 4.78 is 43.9. The molecule has 2 aromatic rings. The fraction of sp³-hybridized carbons (Fsp3) is 0.333. The lowest BCUT2D eigenvalue weighted by molar-refractivity contribution is -0.137. The van der Waals surface area contributed by atoms with Crippen molar-refractivity contribution < 1.29 is 22.7 Å². The van der Waals surface area contributed by atoms with Gasteiger partial charge in [0.05, 0.1) is 23.3 Å². The van der Waals surface area contributed by atoms with Gasteiger partial charge in [-0.1, -0.05) is 11.6 Å². The second-order valence-electron chi connectivity index (χ2n) is 6.18. The summed E-state index contributed by atoms with van der Waals surface area (Å²) in [6, 6.07) is 3.43. The minimum atomic E-state index is -4.57. The van der Waals surface area contributed by atoms with Crippen LogP contribution in [0.25, 0.3) is 0 Å². The molecule has 0 radical (unpaired) electrons. The summed E-state index contributed by atoms with van der Waals surface area (Å²) in [5.74, 6) is -0.462. The summed E-state index contributed by atoms with van der Waals surface area (Å²) >= 11 is 12.3. The van der Waals surface area contributed by atoms with Gasteiger partial charge in [-0.2, -0.15) is 13.2 Å². The Morgan fingerprint density at radius 2 is 1.96 bits per heavy atom. The van der Waals surface area contributed by atoms with Gasteiger partial charge in [-0.25, -0.2) is 4.79 Å². The fourth-order valence-electron chi connectivity index (χ4n) is 3.06. The van der Waals surface area contributed by atoms with E-state index in [4.69, 9.17) is 28.6 Å². The van der Waals surface area contributed by atoms with Crippen LogP contribution in [-0.2, 0) is 23.8 Å². The molecule has 0 bridgehead atoms. The third-order valence-electron chi connectivity index (χ3n) is 4.32. The lowest BCUT2D eigenvalue weighted by Crippen LogP contribution is -2.20. The molecule has 3 rings (SSSR count). The molecule has 150 valence electrons. The highest BCUT2D eigenvalue weighted by Crippen LogP contribution is 2.39. The number of aryl methyl sites for hydroxylation is 1. The molecule has 0 amide bonds. The quantitative estimate of drug-likeness (QED) is 0.452. The number of ether oxygens (including phenoxy) is 1. The number of fused-ring (bicyclic) bond motifs is 1. The maximum absolute atomic E-state index is 13.0. The molecule has 1 aromatic carbocycles. The lowest BCUT2D eigenvalue weighted by Gasteiger charge is -2.14. The van der Waals surface area contributed by atoms with E-state index < -0.39 is 22.7 Å². The van der Waals surface area contributed by atoms with Crippen LogP contribution in [0, 0.1) is 0 Å². The van der Waals surface area contributed by atoms with Crippen molar-refractivity contribution in [2.24, 2.45) is 0 Å². The molecule has 0 saturated heterocycles. The van der Waals surface area contributed by atoms with E-state index in [2.05, 4.69) is 10.6 Å². The van der Waals surface area contributed by atoms with E-state index in [1.54, 1.807) is 0 Å². The van der Waals surface area contributed by atoms with Crippen molar-refractivity contribution in [2.75, 3.05) is 17.7 Å². The van der Waals surface area contributed by atoms with E-state index in [-0.39, 0.29) is 10.8 Å². The van der Waals surface area contributed by atoms with Gasteiger partial charge in [0.25, 0.3) is 0 Å². The van der Waals surface area contributed by atoms with Crippen LogP contribution < -0.4 is 10.6 Å². The lowest BCUT2D eigenvalue weighted by atomic mass is 9.95. The average Bonchev–Trinajstić information content (AvgIpc) is 2.99. The number of benzene rings is 1. The molecule has 0 aliphatic heterocycles. The van der Waals surface area contributed by atoms with Gasteiger partial charge in [-0.05, 0) is 61.7 Å². The summed E-state index contributed by atoms with van der Waals surface area (Å²) in [6.45, 7) is 0. The van der Waals surface area contributed by atoms with Crippen LogP contribution in [0.3, 0.4) is 0 Å². The molecule has 1 heterocycles. The third kappa shape index (κ3) is 4.42. The molecular weight excluding hydrogens is 433 g/mol. The fourth-order valence-corrected chi connectivity index (χ4v) is 4.85. The first-order chi connectivity index (χ1) is 13.2. The van der Waals surface area contributed by atoms with Gasteiger partial charge in [0.1, 0.15) is 5.00 Å². The molecule has 2 N–H and O–H groups in total. The van der Waals surface area contributed by atoms with Crippen LogP contribution in [-0.4, -0.2) is 18.2 Å². The van der Waals surface area contributed by atoms with E-state index in [0.29, 0.717) is 10.6 Å². The van der Waals surface area contributed by atoms with Gasteiger partial charge in [0.15, 0.2) is 5.11 Å². The second kappa shape index (κ2) is 8.26. The van der Waals surface area contributed by atoms with Gasteiger partial charge in [-0.3, -0.25) is 0 Å². The van der Waals surface area contributed by atoms with Gasteiger partial charge < -0.3 is 15.4 Å². The summed E-state index contributed by atoms with van der Waals surface area (Å²) in [6.07, 6.45) is -0.890. The summed E-state index contributed by atoms with van der Waals surface area (Å²) in [7, 11) is 1.31. The Bertz CT molecular complexity index is 928. The van der Waals surface area contributed by atoms with Crippen molar-refractivity contribution >= 4 is 56.9 Å². The number of methoxy groups -OCH3 is 1. The van der Waals surface area contributed by atoms with Crippen LogP contribution in [0.2, 0.25) is 5.02 Å². The number of thiophene rings is 1. The van der Waals surface area contributed by atoms with Gasteiger partial charge in [0.2, 0.25) is 0 Å². The van der Waals surface area contributed by atoms with Crippen molar-refractivity contribution in [1.82, 2.24) is 0 Å². The molecule has 0 saturated carbocycles. The van der Waals surface area contributed by atoms with Crippen molar-refractivity contribution in [1.29, 1.82) is 0 Å². The van der Waals surface area contributed by atoms with E-state index in [0.717, 1.165) is 48.3 Å². The molecule has 0 atom stereocenters. The number of alkyl halides is 3. The van der Waals surface area contributed by atoms with E-state index in [1.165, 1.54) is 24.5 Å². The zero-order chi connectivity index (χ0) is 20.5. The number of halogens is 4. The normalized spacial score (nSPS) is 13.6. The van der Waals surface area contributed by atoms with Crippen LogP contribution in [0.15, 0.2) is 18.2 Å². The largest absolute Gasteiger partial charge is 0.465 e. The topological polar surface area (TPSA) is 50.4 Å². The van der Waals surface area contributed by atoms with Crippen molar-refractivity contribution in [3.63, 3.8) is 0 Å². The minimum Gasteiger partial charge on any atom is -0.465 e. The maximum Gasteiger partial charge on any atom is 0.417 e. The van der Waals surface area contributed by atoms with Crippen LogP contribution in [0.1, 0.15) is 39.2 Å². The van der Waals surface area contributed by atoms with Crippen LogP contribution in [0.4, 0.5) is 23.9 Å². The van der Waals surface area contributed by atoms with Gasteiger partial charge in [0, 0.05) is 10.6 Å². The zero-order valence-electron chi connectivity index (χ0n) is 14.7. The minimum absolute atomic E-state index is 0.0687. The SMILES string of the molecule is COC(=O)c1c(NC(=S)Nc2ccc(Cl)c(C(F)(F)F)c2)sc2c1CCCC2. The molecule has 0 unspecified atom stereocenters. The number of anilines is 2. The molecule has 0 spiro atoms. The second-order valence-corrected chi connectivity index (χ2v) is 8.10. The highest BCUT2D eigenvalue weighted by molar-refractivity contribution is 7.80. The Hall–Kier alpha value is -1.84. The molecule has 4 nitrogen and oxygen atoms in total. The Kier molecular flexibility index (Phi) is 6.16. The first kappa shape index (κ1) is 20.9. The number of hydrogen-bond acceptors (Lipinski definition) is 4. The molecule has 1 aromatic heterocycles. The number of rotatable bonds is 3. The highest BCUT2D eigenvalue weighted by atomic mass is 35.5. The molecule has 28 heavy (non-hydrogen) atoms. The number of hydrogen-bond donors (Lipinski definition) is 2. The molecule has 1 aliphatic carbocycles. The Labute approximate surface area is 174 Å². The number of thiocarbonyl (C=S) groups is 1. The zero-order valence-corrected chi connectivity index (χ0v) is 17.1. The Balaban J connectivity index is 1.83. The summed E-state index contributed by atoms with van der Waals surface area (Å²) in [5.41, 5.74) is 0.580. The number of carbonyl (C=O) groups is 1. The molecule has 10 heteroatoms. The first-order valence-corrected chi connectivity index (χ1v) is 9.98. The van der Waals surface area contributed by atoms with Crippen molar-refractivity contribution in [3.8, 4) is 0 Å². The van der Waals surface area contributed by atoms with Gasteiger partial charge >= 0.3 is 12.1 Å². The average molecular weight is 449 g/mol. The standard InChI is InChI=1S/C18H16ClF3N2O2S2/c1-26-16(25)14-10-4-2-3-5-13(10)28-15(14)24-17(27)23-9-6-7-12(19)11(8-9)18(20,21)22/h6-8H,2-5H2,1H3,(H2,23,24,27). The molecular formula is C18H16ClF3N2O2S2. The number of nitrogens with one attached hydrogen (secondary N) is 2. The molecule has 0 fully saturated rings. The predicted molar refractivity (Wildman–Crippen MR) is 109 cm³/mol. The summed E-state index contributed by atoms with van der Waals surface area (Å²) in [4.78, 5) is 13.3. The van der Waals surface area contributed by atoms with E-state index >= 15 is 0 Å². The summed E-state index contributed by atoms with van der Waals surface area (Å²) in [5, 5.41) is 5.84. The van der Waals surface area contributed by atoms with Crippen LogP contribution in [0.5, 0.6) is 0 Å².